The number of hydrogen-bond donors (Lipinski definition) is 0. The quantitative estimate of drug-likeness (QED) is 0.642. The summed E-state index contributed by atoms with van der Waals surface area (Å²) in [6.45, 7) is 4.93. The lowest BCUT2D eigenvalue weighted by molar-refractivity contribution is -0.143. The fourth-order valence-electron chi connectivity index (χ4n) is 5.86. The number of carbonyl (C=O) groups excluding carboxylic acids is 2. The minimum Gasteiger partial charge on any atom is -0.470 e. The van der Waals surface area contributed by atoms with Crippen LogP contribution in [0.3, 0.4) is 0 Å². The first kappa shape index (κ1) is 18.2. The molecule has 0 fully saturated rings. The summed E-state index contributed by atoms with van der Waals surface area (Å²) in [5.74, 6) is 0.292. The highest BCUT2D eigenvalue weighted by Crippen LogP contribution is 2.66. The van der Waals surface area contributed by atoms with Crippen molar-refractivity contribution >= 4 is 23.2 Å². The molecule has 0 saturated carbocycles. The molecule has 0 N–H and O–H groups in total. The molecule has 154 valence electrons. The number of para-hydroxylation sites is 3. The van der Waals surface area contributed by atoms with Gasteiger partial charge in [0.2, 0.25) is 11.5 Å². The Bertz CT molecular complexity index is 1270. The maximum atomic E-state index is 14.4. The first-order chi connectivity index (χ1) is 15.1. The lowest BCUT2D eigenvalue weighted by atomic mass is 9.62. The van der Waals surface area contributed by atoms with E-state index < -0.39 is 11.0 Å². The summed E-state index contributed by atoms with van der Waals surface area (Å²) in [5.41, 5.74) is 1.24. The van der Waals surface area contributed by atoms with Crippen LogP contribution in [0.4, 0.5) is 11.4 Å². The van der Waals surface area contributed by atoms with Gasteiger partial charge < -0.3 is 14.5 Å². The zero-order valence-electron chi connectivity index (χ0n) is 17.5. The van der Waals surface area contributed by atoms with Crippen molar-refractivity contribution in [1.82, 2.24) is 0 Å². The van der Waals surface area contributed by atoms with Crippen molar-refractivity contribution in [3.8, 4) is 5.75 Å². The first-order valence-electron chi connectivity index (χ1n) is 10.7. The summed E-state index contributed by atoms with van der Waals surface area (Å²) in [4.78, 5) is 32.1. The highest BCUT2D eigenvalue weighted by atomic mass is 16.5. The molecule has 2 atom stereocenters. The van der Waals surface area contributed by atoms with Crippen LogP contribution in [0.1, 0.15) is 30.5 Å². The largest absolute Gasteiger partial charge is 0.470 e. The third-order valence-corrected chi connectivity index (χ3v) is 7.00. The maximum absolute atomic E-state index is 14.4. The molecule has 5 heteroatoms. The van der Waals surface area contributed by atoms with Gasteiger partial charge in [-0.3, -0.25) is 9.59 Å². The Labute approximate surface area is 180 Å². The molecule has 3 aromatic carbocycles. The lowest BCUT2D eigenvalue weighted by Crippen LogP contribution is -2.60. The zero-order valence-corrected chi connectivity index (χ0v) is 17.5. The van der Waals surface area contributed by atoms with Crippen molar-refractivity contribution in [2.75, 3.05) is 22.9 Å². The lowest BCUT2D eigenvalue weighted by Gasteiger charge is -2.37. The van der Waals surface area contributed by atoms with Crippen LogP contribution in [0.2, 0.25) is 0 Å². The summed E-state index contributed by atoms with van der Waals surface area (Å²) in [6, 6.07) is 23.1. The number of benzene rings is 3. The monoisotopic (exact) mass is 410 g/mol. The number of fused-ring (bicyclic) bond motifs is 7. The van der Waals surface area contributed by atoms with Crippen LogP contribution in [-0.2, 0) is 20.6 Å². The molecule has 2 amide bonds. The van der Waals surface area contributed by atoms with Crippen LogP contribution in [0, 0.1) is 0 Å². The van der Waals surface area contributed by atoms with Crippen molar-refractivity contribution in [3.63, 3.8) is 0 Å². The van der Waals surface area contributed by atoms with Gasteiger partial charge in [-0.05, 0) is 32.0 Å². The second-order valence-corrected chi connectivity index (χ2v) is 8.16. The Morgan fingerprint density at radius 3 is 1.87 bits per heavy atom. The summed E-state index contributed by atoms with van der Waals surface area (Å²) >= 11 is 0. The molecule has 3 aliphatic heterocycles. The Kier molecular flexibility index (Phi) is 3.51. The number of carbonyl (C=O) groups is 2. The Morgan fingerprint density at radius 2 is 1.19 bits per heavy atom. The highest BCUT2D eigenvalue weighted by molar-refractivity contribution is 6.21. The normalized spacial score (nSPS) is 25.2. The van der Waals surface area contributed by atoms with Gasteiger partial charge in [0.15, 0.2) is 5.41 Å². The van der Waals surface area contributed by atoms with Crippen molar-refractivity contribution in [2.45, 2.75) is 24.9 Å². The minimum absolute atomic E-state index is 0.109. The summed E-state index contributed by atoms with van der Waals surface area (Å²) in [5, 5.41) is 0. The predicted molar refractivity (Wildman–Crippen MR) is 118 cm³/mol. The Hall–Kier alpha value is -3.60. The number of nitrogens with zero attached hydrogens (tertiary/aromatic N) is 2. The molecule has 0 aromatic heterocycles. The number of ether oxygens (including phenoxy) is 1. The van der Waals surface area contributed by atoms with Gasteiger partial charge in [-0.2, -0.15) is 0 Å². The van der Waals surface area contributed by atoms with Gasteiger partial charge in [-0.25, -0.2) is 0 Å². The van der Waals surface area contributed by atoms with Crippen LogP contribution >= 0.6 is 0 Å². The van der Waals surface area contributed by atoms with Gasteiger partial charge in [-0.15, -0.1) is 0 Å². The Morgan fingerprint density at radius 1 is 0.677 bits per heavy atom. The Balaban J connectivity index is 1.79. The van der Waals surface area contributed by atoms with Gasteiger partial charge in [-0.1, -0.05) is 54.6 Å². The first-order valence-corrected chi connectivity index (χ1v) is 10.7. The molecule has 6 rings (SSSR count). The highest BCUT2D eigenvalue weighted by Gasteiger charge is 2.77. The molecule has 2 unspecified atom stereocenters. The van der Waals surface area contributed by atoms with E-state index in [2.05, 4.69) is 0 Å². The molecule has 3 aliphatic rings. The van der Waals surface area contributed by atoms with Crippen LogP contribution < -0.4 is 14.5 Å². The second kappa shape index (κ2) is 5.97. The standard InChI is InChI=1S/C26H22N2O3/c1-3-27-20-14-8-5-11-17(20)25(23(27)29)19-13-7-10-16-22(19)31-26(25)18-12-6-9-15-21(18)28(4-2)24(26)30/h5-16H,3-4H2,1-2H3. The van der Waals surface area contributed by atoms with Crippen molar-refractivity contribution in [3.05, 3.63) is 89.5 Å². The van der Waals surface area contributed by atoms with E-state index in [1.54, 1.807) is 9.80 Å². The molecule has 0 bridgehead atoms. The number of amides is 2. The number of anilines is 2. The number of rotatable bonds is 2. The molecule has 0 aliphatic carbocycles. The summed E-state index contributed by atoms with van der Waals surface area (Å²) in [6.07, 6.45) is 0. The van der Waals surface area contributed by atoms with Crippen molar-refractivity contribution in [2.24, 2.45) is 0 Å². The van der Waals surface area contributed by atoms with Crippen LogP contribution in [-0.4, -0.2) is 24.9 Å². The average molecular weight is 410 g/mol. The van der Waals surface area contributed by atoms with Gasteiger partial charge in [0.05, 0.1) is 5.69 Å². The third-order valence-electron chi connectivity index (χ3n) is 7.00. The molecule has 3 aromatic rings. The van der Waals surface area contributed by atoms with Gasteiger partial charge >= 0.3 is 0 Å². The van der Waals surface area contributed by atoms with Gasteiger partial charge in [0.25, 0.3) is 5.91 Å². The topological polar surface area (TPSA) is 49.9 Å². The predicted octanol–water partition coefficient (Wildman–Crippen LogP) is 3.99. The van der Waals surface area contributed by atoms with Gasteiger partial charge in [0.1, 0.15) is 5.75 Å². The van der Waals surface area contributed by atoms with E-state index in [1.165, 1.54) is 0 Å². The zero-order chi connectivity index (χ0) is 21.4. The molecular weight excluding hydrogens is 388 g/mol. The molecule has 5 nitrogen and oxygen atoms in total. The second-order valence-electron chi connectivity index (χ2n) is 8.16. The number of likely N-dealkylation sites (N-methyl/N-ethyl adjacent to an activating group) is 2. The summed E-state index contributed by atoms with van der Waals surface area (Å²) < 4.78 is 6.65. The van der Waals surface area contributed by atoms with E-state index in [1.807, 2.05) is 86.6 Å². The molecule has 3 heterocycles. The molecule has 31 heavy (non-hydrogen) atoms. The van der Waals surface area contributed by atoms with Crippen molar-refractivity contribution < 1.29 is 14.3 Å². The van der Waals surface area contributed by atoms with E-state index in [9.17, 15) is 9.59 Å². The SMILES string of the molecule is CCN1C(=O)C2(Oc3ccccc3C23C(=O)N(CC)c2ccccc23)c2ccccc21. The molecule has 2 spiro atoms. The van der Waals surface area contributed by atoms with Crippen molar-refractivity contribution in [1.29, 1.82) is 0 Å². The van der Waals surface area contributed by atoms with Crippen LogP contribution in [0.5, 0.6) is 5.75 Å². The smallest absolute Gasteiger partial charge is 0.277 e. The fourth-order valence-corrected chi connectivity index (χ4v) is 5.86. The average Bonchev–Trinajstić information content (AvgIpc) is 3.35. The van der Waals surface area contributed by atoms with Gasteiger partial charge in [0, 0.05) is 35.5 Å². The maximum Gasteiger partial charge on any atom is 0.277 e. The minimum atomic E-state index is -1.47. The molecule has 0 radical (unpaired) electrons. The van der Waals surface area contributed by atoms with E-state index in [4.69, 9.17) is 4.74 Å². The third kappa shape index (κ3) is 1.80. The van der Waals surface area contributed by atoms with E-state index in [0.717, 1.165) is 28.1 Å². The molecular formula is C26H22N2O3. The van der Waals surface area contributed by atoms with Crippen LogP contribution in [0.25, 0.3) is 0 Å². The fraction of sp³-hybridized carbons (Fsp3) is 0.231. The van der Waals surface area contributed by atoms with Crippen LogP contribution in [0.15, 0.2) is 72.8 Å². The summed E-state index contributed by atoms with van der Waals surface area (Å²) in [7, 11) is 0. The van der Waals surface area contributed by atoms with E-state index >= 15 is 0 Å². The molecule has 0 saturated heterocycles. The number of hydrogen-bond acceptors (Lipinski definition) is 3. The van der Waals surface area contributed by atoms with E-state index in [-0.39, 0.29) is 11.8 Å². The van der Waals surface area contributed by atoms with E-state index in [0.29, 0.717) is 18.8 Å².